The van der Waals surface area contributed by atoms with Crippen molar-refractivity contribution in [1.29, 1.82) is 0 Å². The first-order valence-corrected chi connectivity index (χ1v) is 6.46. The van der Waals surface area contributed by atoms with Crippen molar-refractivity contribution in [3.8, 4) is 5.75 Å². The van der Waals surface area contributed by atoms with Crippen LogP contribution in [0.5, 0.6) is 5.75 Å². The van der Waals surface area contributed by atoms with Gasteiger partial charge in [0, 0.05) is 22.7 Å². The summed E-state index contributed by atoms with van der Waals surface area (Å²) >= 11 is 0. The molecule has 1 heterocycles. The Hall–Kier alpha value is -2.95. The summed E-state index contributed by atoms with van der Waals surface area (Å²) in [5, 5.41) is 14.1. The number of carbonyl (C=O) groups is 1. The van der Waals surface area contributed by atoms with Crippen molar-refractivity contribution in [2.24, 2.45) is 0 Å². The summed E-state index contributed by atoms with van der Waals surface area (Å²) < 4.78 is 0. The molecule has 0 saturated carbocycles. The van der Waals surface area contributed by atoms with E-state index in [1.165, 1.54) is 6.20 Å². The summed E-state index contributed by atoms with van der Waals surface area (Å²) in [4.78, 5) is 20.3. The Balaban J connectivity index is 1.96. The van der Waals surface area contributed by atoms with Gasteiger partial charge in [0.05, 0.1) is 11.9 Å². The lowest BCUT2D eigenvalue weighted by atomic mass is 10.1. The average molecular weight is 279 g/mol. The Morgan fingerprint density at radius 3 is 2.57 bits per heavy atom. The fraction of sp³-hybridized carbons (Fsp3) is 0.0625. The second kappa shape index (κ2) is 5.20. The number of aromatic nitrogens is 2. The molecule has 21 heavy (non-hydrogen) atoms. The number of rotatable bonds is 2. The molecule has 0 radical (unpaired) electrons. The lowest BCUT2D eigenvalue weighted by Crippen LogP contribution is -2.14. The standard InChI is InChI=1S/C16H13N3O2/c1-10-8-18-14(9-17-10)16(21)19-13-6-2-5-12-11(13)4-3-7-15(12)20/h2-9,20H,1H3,(H,19,21). The van der Waals surface area contributed by atoms with Gasteiger partial charge in [0.2, 0.25) is 0 Å². The van der Waals surface area contributed by atoms with Crippen LogP contribution in [-0.4, -0.2) is 21.0 Å². The third kappa shape index (κ3) is 2.53. The molecular weight excluding hydrogens is 266 g/mol. The molecule has 0 aliphatic heterocycles. The molecule has 1 aromatic heterocycles. The predicted octanol–water partition coefficient (Wildman–Crippen LogP) is 2.90. The van der Waals surface area contributed by atoms with Gasteiger partial charge in [-0.2, -0.15) is 0 Å². The van der Waals surface area contributed by atoms with E-state index in [0.29, 0.717) is 11.1 Å². The lowest BCUT2D eigenvalue weighted by molar-refractivity contribution is 0.102. The molecule has 5 nitrogen and oxygen atoms in total. The van der Waals surface area contributed by atoms with Crippen molar-refractivity contribution in [2.45, 2.75) is 6.92 Å². The molecule has 2 N–H and O–H groups in total. The van der Waals surface area contributed by atoms with Crippen LogP contribution in [0, 0.1) is 6.92 Å². The molecule has 0 fully saturated rings. The molecule has 0 unspecified atom stereocenters. The Morgan fingerprint density at radius 1 is 1.05 bits per heavy atom. The van der Waals surface area contributed by atoms with E-state index in [1.54, 1.807) is 36.5 Å². The van der Waals surface area contributed by atoms with Gasteiger partial charge in [0.15, 0.2) is 0 Å². The minimum atomic E-state index is -0.335. The van der Waals surface area contributed by atoms with Crippen LogP contribution in [-0.2, 0) is 0 Å². The highest BCUT2D eigenvalue weighted by molar-refractivity contribution is 6.08. The topological polar surface area (TPSA) is 75.1 Å². The fourth-order valence-corrected chi connectivity index (χ4v) is 2.10. The van der Waals surface area contributed by atoms with Gasteiger partial charge in [-0.1, -0.05) is 24.3 Å². The van der Waals surface area contributed by atoms with Gasteiger partial charge in [-0.05, 0) is 19.1 Å². The second-order valence-electron chi connectivity index (χ2n) is 4.67. The molecule has 104 valence electrons. The molecule has 3 aromatic rings. The molecule has 1 amide bonds. The maximum absolute atomic E-state index is 12.2. The van der Waals surface area contributed by atoms with E-state index in [4.69, 9.17) is 0 Å². The number of phenols is 1. The molecule has 0 atom stereocenters. The minimum absolute atomic E-state index is 0.179. The maximum Gasteiger partial charge on any atom is 0.275 e. The van der Waals surface area contributed by atoms with Crippen LogP contribution >= 0.6 is 0 Å². The molecule has 0 aliphatic carbocycles. The van der Waals surface area contributed by atoms with Crippen molar-refractivity contribution >= 4 is 22.4 Å². The van der Waals surface area contributed by atoms with Crippen molar-refractivity contribution in [2.75, 3.05) is 5.32 Å². The summed E-state index contributed by atoms with van der Waals surface area (Å²) in [6.07, 6.45) is 2.98. The Morgan fingerprint density at radius 2 is 1.81 bits per heavy atom. The van der Waals surface area contributed by atoms with Crippen LogP contribution in [0.15, 0.2) is 48.8 Å². The number of amides is 1. The maximum atomic E-state index is 12.2. The minimum Gasteiger partial charge on any atom is -0.507 e. The zero-order valence-corrected chi connectivity index (χ0v) is 11.4. The summed E-state index contributed by atoms with van der Waals surface area (Å²) in [5.41, 5.74) is 1.62. The molecule has 0 bridgehead atoms. The number of fused-ring (bicyclic) bond motifs is 1. The highest BCUT2D eigenvalue weighted by Gasteiger charge is 2.10. The molecule has 3 rings (SSSR count). The summed E-state index contributed by atoms with van der Waals surface area (Å²) in [7, 11) is 0. The Labute approximate surface area is 121 Å². The SMILES string of the molecule is Cc1cnc(C(=O)Nc2cccc3c(O)cccc23)cn1. The van der Waals surface area contributed by atoms with Crippen LogP contribution < -0.4 is 5.32 Å². The Kier molecular flexibility index (Phi) is 3.23. The molecule has 0 saturated heterocycles. The van der Waals surface area contributed by atoms with Crippen LogP contribution in [0.1, 0.15) is 16.2 Å². The third-order valence-corrected chi connectivity index (χ3v) is 3.16. The lowest BCUT2D eigenvalue weighted by Gasteiger charge is -2.09. The predicted molar refractivity (Wildman–Crippen MR) is 80.3 cm³/mol. The number of benzene rings is 2. The number of hydrogen-bond donors (Lipinski definition) is 2. The zero-order valence-electron chi connectivity index (χ0n) is 11.4. The van der Waals surface area contributed by atoms with E-state index in [0.717, 1.165) is 11.1 Å². The second-order valence-corrected chi connectivity index (χ2v) is 4.67. The zero-order chi connectivity index (χ0) is 14.8. The van der Waals surface area contributed by atoms with Gasteiger partial charge in [-0.3, -0.25) is 9.78 Å². The fourth-order valence-electron chi connectivity index (χ4n) is 2.10. The average Bonchev–Trinajstić information content (AvgIpc) is 2.49. The highest BCUT2D eigenvalue weighted by atomic mass is 16.3. The summed E-state index contributed by atoms with van der Waals surface area (Å²) in [6, 6.07) is 10.5. The number of aromatic hydroxyl groups is 1. The van der Waals surface area contributed by atoms with Gasteiger partial charge < -0.3 is 10.4 Å². The van der Waals surface area contributed by atoms with Crippen molar-refractivity contribution in [3.05, 3.63) is 60.2 Å². The van der Waals surface area contributed by atoms with Gasteiger partial charge in [0.25, 0.3) is 5.91 Å². The van der Waals surface area contributed by atoms with Crippen molar-refractivity contribution in [3.63, 3.8) is 0 Å². The summed E-state index contributed by atoms with van der Waals surface area (Å²) in [5.74, 6) is -0.155. The van der Waals surface area contributed by atoms with E-state index in [2.05, 4.69) is 15.3 Å². The van der Waals surface area contributed by atoms with Crippen LogP contribution in [0.3, 0.4) is 0 Å². The van der Waals surface area contributed by atoms with Crippen LogP contribution in [0.2, 0.25) is 0 Å². The van der Waals surface area contributed by atoms with E-state index in [9.17, 15) is 9.90 Å². The Bertz CT molecular complexity index is 813. The number of phenolic OH excluding ortho intramolecular Hbond substituents is 1. The van der Waals surface area contributed by atoms with E-state index in [1.807, 2.05) is 13.0 Å². The molecule has 0 aliphatic rings. The molecule has 0 spiro atoms. The molecule has 5 heteroatoms. The first kappa shape index (κ1) is 13.1. The number of anilines is 1. The van der Waals surface area contributed by atoms with Gasteiger partial charge in [0.1, 0.15) is 11.4 Å². The van der Waals surface area contributed by atoms with Crippen molar-refractivity contribution < 1.29 is 9.90 Å². The number of nitrogens with zero attached hydrogens (tertiary/aromatic N) is 2. The van der Waals surface area contributed by atoms with E-state index in [-0.39, 0.29) is 17.4 Å². The molecule has 2 aromatic carbocycles. The van der Waals surface area contributed by atoms with Gasteiger partial charge in [-0.15, -0.1) is 0 Å². The number of hydrogen-bond acceptors (Lipinski definition) is 4. The molecular formula is C16H13N3O2. The van der Waals surface area contributed by atoms with Crippen LogP contribution in [0.4, 0.5) is 5.69 Å². The number of aryl methyl sites for hydroxylation is 1. The quantitative estimate of drug-likeness (QED) is 0.756. The smallest absolute Gasteiger partial charge is 0.275 e. The largest absolute Gasteiger partial charge is 0.507 e. The van der Waals surface area contributed by atoms with Gasteiger partial charge in [-0.25, -0.2) is 4.98 Å². The first-order chi connectivity index (χ1) is 10.1. The number of carbonyl (C=O) groups excluding carboxylic acids is 1. The number of nitrogens with one attached hydrogen (secondary N) is 1. The van der Waals surface area contributed by atoms with Gasteiger partial charge >= 0.3 is 0 Å². The van der Waals surface area contributed by atoms with Crippen molar-refractivity contribution in [1.82, 2.24) is 9.97 Å². The monoisotopic (exact) mass is 279 g/mol. The van der Waals surface area contributed by atoms with E-state index < -0.39 is 0 Å². The normalized spacial score (nSPS) is 10.5. The third-order valence-electron chi connectivity index (χ3n) is 3.16. The van der Waals surface area contributed by atoms with Crippen LogP contribution in [0.25, 0.3) is 10.8 Å². The first-order valence-electron chi connectivity index (χ1n) is 6.46. The van der Waals surface area contributed by atoms with E-state index >= 15 is 0 Å². The highest BCUT2D eigenvalue weighted by Crippen LogP contribution is 2.29. The summed E-state index contributed by atoms with van der Waals surface area (Å²) in [6.45, 7) is 1.81.